The Labute approximate surface area is 215 Å². The van der Waals surface area contributed by atoms with Crippen LogP contribution in [0, 0.1) is 5.82 Å². The molecule has 3 aromatic rings. The summed E-state index contributed by atoms with van der Waals surface area (Å²) in [6, 6.07) is 18.6. The minimum absolute atomic E-state index is 0.00909. The molecule has 0 heterocycles. The first-order valence-electron chi connectivity index (χ1n) is 11.3. The molecule has 0 fully saturated rings. The Morgan fingerprint density at radius 1 is 0.972 bits per heavy atom. The van der Waals surface area contributed by atoms with Crippen molar-refractivity contribution in [3.05, 3.63) is 95.3 Å². The summed E-state index contributed by atoms with van der Waals surface area (Å²) in [5, 5.41) is 3.05. The fraction of sp³-hybridized carbons (Fsp3) is 0.231. The molecule has 36 heavy (non-hydrogen) atoms. The predicted octanol–water partition coefficient (Wildman–Crippen LogP) is 4.23. The van der Waals surface area contributed by atoms with Crippen molar-refractivity contribution in [1.29, 1.82) is 0 Å². The van der Waals surface area contributed by atoms with E-state index in [9.17, 15) is 22.4 Å². The Bertz CT molecular complexity index is 1300. The number of hydrogen-bond acceptors (Lipinski definition) is 4. The van der Waals surface area contributed by atoms with Gasteiger partial charge in [0.15, 0.2) is 0 Å². The van der Waals surface area contributed by atoms with Crippen LogP contribution in [-0.4, -0.2) is 44.3 Å². The third kappa shape index (κ3) is 6.41. The van der Waals surface area contributed by atoms with Crippen LogP contribution >= 0.6 is 11.6 Å². The molecule has 0 aromatic heterocycles. The summed E-state index contributed by atoms with van der Waals surface area (Å²) in [5.41, 5.74) is 0.416. The van der Waals surface area contributed by atoms with E-state index in [0.29, 0.717) is 11.6 Å². The van der Waals surface area contributed by atoms with Crippen LogP contribution < -0.4 is 9.62 Å². The summed E-state index contributed by atoms with van der Waals surface area (Å²) in [7, 11) is -4.16. The lowest BCUT2D eigenvalue weighted by Crippen LogP contribution is -2.51. The quantitative estimate of drug-likeness (QED) is 0.424. The lowest BCUT2D eigenvalue weighted by Gasteiger charge is -2.32. The molecule has 3 rings (SSSR count). The summed E-state index contributed by atoms with van der Waals surface area (Å²) in [6.07, 6.45) is 0. The normalized spacial score (nSPS) is 12.0. The van der Waals surface area contributed by atoms with Crippen LogP contribution in [-0.2, 0) is 26.2 Å². The van der Waals surface area contributed by atoms with Gasteiger partial charge in [-0.2, -0.15) is 0 Å². The van der Waals surface area contributed by atoms with Gasteiger partial charge in [0.25, 0.3) is 10.0 Å². The Balaban J connectivity index is 2.02. The van der Waals surface area contributed by atoms with E-state index in [0.717, 1.165) is 4.31 Å². The second-order valence-corrected chi connectivity index (χ2v) is 10.3. The number of halogens is 2. The highest BCUT2D eigenvalue weighted by Crippen LogP contribution is 2.26. The lowest BCUT2D eigenvalue weighted by molar-refractivity contribution is -0.139. The molecule has 1 N–H and O–H groups in total. The highest BCUT2D eigenvalue weighted by molar-refractivity contribution is 7.92. The molecular weight excluding hydrogens is 505 g/mol. The van der Waals surface area contributed by atoms with Crippen molar-refractivity contribution in [2.75, 3.05) is 17.4 Å². The van der Waals surface area contributed by atoms with E-state index in [1.165, 1.54) is 66.4 Å². The molecule has 3 aromatic carbocycles. The highest BCUT2D eigenvalue weighted by Gasteiger charge is 2.32. The van der Waals surface area contributed by atoms with Gasteiger partial charge >= 0.3 is 0 Å². The molecule has 0 radical (unpaired) electrons. The smallest absolute Gasteiger partial charge is 0.264 e. The van der Waals surface area contributed by atoms with Crippen LogP contribution in [0.1, 0.15) is 19.4 Å². The third-order valence-electron chi connectivity index (χ3n) is 5.54. The van der Waals surface area contributed by atoms with Gasteiger partial charge in [-0.25, -0.2) is 12.8 Å². The topological polar surface area (TPSA) is 86.8 Å². The van der Waals surface area contributed by atoms with Crippen molar-refractivity contribution in [2.45, 2.75) is 31.3 Å². The monoisotopic (exact) mass is 531 g/mol. The first-order valence-corrected chi connectivity index (χ1v) is 13.1. The third-order valence-corrected chi connectivity index (χ3v) is 7.58. The van der Waals surface area contributed by atoms with Crippen LogP contribution in [0.15, 0.2) is 83.8 Å². The number of nitrogens with zero attached hydrogens (tertiary/aromatic N) is 2. The molecule has 190 valence electrons. The van der Waals surface area contributed by atoms with E-state index in [2.05, 4.69) is 5.32 Å². The standard InChI is InChI=1S/C26H27ClFN3O4S/c1-3-29-26(33)19(2)30(17-20-9-7-8-12-24(20)28)25(32)18-31(22-15-13-21(27)14-16-22)36(34,35)23-10-5-4-6-11-23/h4-16,19H,3,17-18H2,1-2H3,(H,29,33)/t19-/m1/s1. The molecule has 0 spiro atoms. The van der Waals surface area contributed by atoms with Gasteiger partial charge in [0.2, 0.25) is 11.8 Å². The van der Waals surface area contributed by atoms with Gasteiger partial charge in [0.05, 0.1) is 10.6 Å². The predicted molar refractivity (Wildman–Crippen MR) is 138 cm³/mol. The number of rotatable bonds is 10. The zero-order chi connectivity index (χ0) is 26.3. The number of benzene rings is 3. The van der Waals surface area contributed by atoms with Crippen LogP contribution in [0.3, 0.4) is 0 Å². The van der Waals surface area contributed by atoms with E-state index < -0.39 is 40.2 Å². The number of nitrogens with one attached hydrogen (secondary N) is 1. The van der Waals surface area contributed by atoms with E-state index in [4.69, 9.17) is 11.6 Å². The molecule has 0 aliphatic heterocycles. The van der Waals surface area contributed by atoms with Gasteiger partial charge in [-0.3, -0.25) is 13.9 Å². The fourth-order valence-electron chi connectivity index (χ4n) is 3.57. The van der Waals surface area contributed by atoms with Crippen molar-refractivity contribution in [1.82, 2.24) is 10.2 Å². The minimum Gasteiger partial charge on any atom is -0.355 e. The van der Waals surface area contributed by atoms with E-state index >= 15 is 0 Å². The fourth-order valence-corrected chi connectivity index (χ4v) is 5.13. The molecule has 0 bridgehead atoms. The lowest BCUT2D eigenvalue weighted by atomic mass is 10.1. The van der Waals surface area contributed by atoms with Crippen LogP contribution in [0.2, 0.25) is 5.02 Å². The number of sulfonamides is 1. The zero-order valence-corrected chi connectivity index (χ0v) is 21.5. The molecule has 0 unspecified atom stereocenters. The van der Waals surface area contributed by atoms with Crippen molar-refractivity contribution < 1.29 is 22.4 Å². The van der Waals surface area contributed by atoms with Crippen LogP contribution in [0.25, 0.3) is 0 Å². The average molecular weight is 532 g/mol. The summed E-state index contributed by atoms with van der Waals surface area (Å²) in [4.78, 5) is 27.4. The van der Waals surface area contributed by atoms with Crippen LogP contribution in [0.4, 0.5) is 10.1 Å². The molecule has 0 saturated carbocycles. The van der Waals surface area contributed by atoms with E-state index in [-0.39, 0.29) is 22.7 Å². The maximum atomic E-state index is 14.4. The summed E-state index contributed by atoms with van der Waals surface area (Å²) >= 11 is 5.99. The minimum atomic E-state index is -4.16. The summed E-state index contributed by atoms with van der Waals surface area (Å²) in [6.45, 7) is 2.76. The van der Waals surface area contributed by atoms with E-state index in [1.807, 2.05) is 0 Å². The van der Waals surface area contributed by atoms with Gasteiger partial charge in [-0.1, -0.05) is 48.0 Å². The van der Waals surface area contributed by atoms with Gasteiger partial charge in [-0.15, -0.1) is 0 Å². The SMILES string of the molecule is CCNC(=O)[C@@H](C)N(Cc1ccccc1F)C(=O)CN(c1ccc(Cl)cc1)S(=O)(=O)c1ccccc1. The number of anilines is 1. The van der Waals surface area contributed by atoms with E-state index in [1.54, 1.807) is 31.2 Å². The first kappa shape index (κ1) is 27.2. The zero-order valence-electron chi connectivity index (χ0n) is 19.9. The van der Waals surface area contributed by atoms with Crippen LogP contribution in [0.5, 0.6) is 0 Å². The Morgan fingerprint density at radius 3 is 2.19 bits per heavy atom. The van der Waals surface area contributed by atoms with Gasteiger partial charge in [0, 0.05) is 23.7 Å². The molecule has 0 aliphatic rings. The Morgan fingerprint density at radius 2 is 1.58 bits per heavy atom. The van der Waals surface area contributed by atoms with Gasteiger partial charge in [-0.05, 0) is 56.3 Å². The molecule has 7 nitrogen and oxygen atoms in total. The summed E-state index contributed by atoms with van der Waals surface area (Å²) < 4.78 is 42.6. The van der Waals surface area contributed by atoms with Gasteiger partial charge < -0.3 is 10.2 Å². The second kappa shape index (κ2) is 12.0. The largest absolute Gasteiger partial charge is 0.355 e. The molecule has 0 aliphatic carbocycles. The molecule has 2 amide bonds. The van der Waals surface area contributed by atoms with Crippen molar-refractivity contribution in [2.24, 2.45) is 0 Å². The number of likely N-dealkylation sites (N-methyl/N-ethyl adjacent to an activating group) is 1. The average Bonchev–Trinajstić information content (AvgIpc) is 2.87. The number of carbonyl (C=O) groups excluding carboxylic acids is 2. The first-order chi connectivity index (χ1) is 17.1. The van der Waals surface area contributed by atoms with Crippen molar-refractivity contribution in [3.8, 4) is 0 Å². The Kier molecular flexibility index (Phi) is 9.06. The second-order valence-electron chi connectivity index (χ2n) is 7.98. The number of carbonyl (C=O) groups is 2. The van der Waals surface area contributed by atoms with Gasteiger partial charge in [0.1, 0.15) is 18.4 Å². The molecule has 0 saturated heterocycles. The maximum absolute atomic E-state index is 14.4. The van der Waals surface area contributed by atoms with Crippen molar-refractivity contribution >= 4 is 39.1 Å². The summed E-state index contributed by atoms with van der Waals surface area (Å²) in [5.74, 6) is -1.65. The molecule has 1 atom stereocenters. The van der Waals surface area contributed by atoms with Crippen molar-refractivity contribution in [3.63, 3.8) is 0 Å². The number of hydrogen-bond donors (Lipinski definition) is 1. The number of amides is 2. The Hall–Kier alpha value is -3.43. The molecular formula is C26H27ClFN3O4S. The maximum Gasteiger partial charge on any atom is 0.264 e. The highest BCUT2D eigenvalue weighted by atomic mass is 35.5. The molecule has 10 heteroatoms.